The van der Waals surface area contributed by atoms with Crippen LogP contribution in [0.4, 0.5) is 4.39 Å². The first-order valence-corrected chi connectivity index (χ1v) is 9.48. The molecule has 1 amide bonds. The number of amides is 1. The smallest absolute Gasteiger partial charge is 0.249 e. The van der Waals surface area contributed by atoms with E-state index >= 15 is 0 Å². The Labute approximate surface area is 174 Å². The van der Waals surface area contributed by atoms with Crippen LogP contribution >= 0.6 is 11.6 Å². The molecule has 2 atom stereocenters. The van der Waals surface area contributed by atoms with Crippen molar-refractivity contribution in [2.45, 2.75) is 32.6 Å². The lowest BCUT2D eigenvalue weighted by Crippen LogP contribution is -2.41. The van der Waals surface area contributed by atoms with Crippen LogP contribution < -0.4 is 14.8 Å². The first-order valence-electron chi connectivity index (χ1n) is 9.10. The molecule has 6 nitrogen and oxygen atoms in total. The Morgan fingerprint density at radius 1 is 1.21 bits per heavy atom. The van der Waals surface area contributed by atoms with Crippen molar-refractivity contribution in [1.82, 2.24) is 5.32 Å². The van der Waals surface area contributed by atoms with Crippen molar-refractivity contribution in [1.29, 1.82) is 0 Å². The van der Waals surface area contributed by atoms with Crippen molar-refractivity contribution in [3.8, 4) is 11.5 Å². The summed E-state index contributed by atoms with van der Waals surface area (Å²) in [6.07, 6.45) is -1.26. The predicted molar refractivity (Wildman–Crippen MR) is 108 cm³/mol. The largest absolute Gasteiger partial charge is 0.497 e. The predicted octanol–water partition coefficient (Wildman–Crippen LogP) is 3.23. The number of aliphatic hydroxyl groups excluding tert-OH is 2. The number of rotatable bonds is 9. The highest BCUT2D eigenvalue weighted by atomic mass is 35.5. The number of nitrogens with one attached hydrogen (secondary N) is 1. The summed E-state index contributed by atoms with van der Waals surface area (Å²) in [6.45, 7) is 2.85. The second-order valence-electron chi connectivity index (χ2n) is 6.85. The maximum atomic E-state index is 14.0. The second kappa shape index (κ2) is 10.4. The third-order valence-corrected chi connectivity index (χ3v) is 4.75. The van der Waals surface area contributed by atoms with Gasteiger partial charge in [-0.1, -0.05) is 25.4 Å². The summed E-state index contributed by atoms with van der Waals surface area (Å²) in [5.74, 6) is -0.387. The Balaban J connectivity index is 2.26. The van der Waals surface area contributed by atoms with Crippen molar-refractivity contribution in [3.63, 3.8) is 0 Å². The standard InChI is InChI=1S/C21H25ClFNO5/c1-12(2)20(26)21(27)24-19(10-25)16-8-13(23)9-18(22)17(16)11-29-15-6-4-14(28-3)5-7-15/h4-9,12,19-20,25-26H,10-11H2,1-3H3,(H,24,27)/t19-,20?/m0/s1. The highest BCUT2D eigenvalue weighted by molar-refractivity contribution is 6.31. The molecule has 0 radical (unpaired) electrons. The Hall–Kier alpha value is -2.35. The molecule has 0 spiro atoms. The minimum absolute atomic E-state index is 0.0140. The molecule has 2 aromatic rings. The Morgan fingerprint density at radius 3 is 2.38 bits per heavy atom. The lowest BCUT2D eigenvalue weighted by Gasteiger charge is -2.23. The number of carbonyl (C=O) groups is 1. The molecule has 0 saturated carbocycles. The van der Waals surface area contributed by atoms with Gasteiger partial charge in [0.1, 0.15) is 30.0 Å². The average Bonchev–Trinajstić information content (AvgIpc) is 2.70. The molecule has 0 aliphatic carbocycles. The quantitative estimate of drug-likeness (QED) is 0.574. The van der Waals surface area contributed by atoms with E-state index in [1.165, 1.54) is 6.07 Å². The molecule has 0 aromatic heterocycles. The summed E-state index contributed by atoms with van der Waals surface area (Å²) >= 11 is 6.22. The summed E-state index contributed by atoms with van der Waals surface area (Å²) in [7, 11) is 1.56. The van der Waals surface area contributed by atoms with Crippen LogP contribution in [0.5, 0.6) is 11.5 Å². The van der Waals surface area contributed by atoms with E-state index in [1.54, 1.807) is 45.2 Å². The highest BCUT2D eigenvalue weighted by Crippen LogP contribution is 2.29. The average molecular weight is 426 g/mol. The van der Waals surface area contributed by atoms with E-state index in [1.807, 2.05) is 0 Å². The SMILES string of the molecule is COc1ccc(OCc2c(Cl)cc(F)cc2[C@H](CO)NC(=O)C(O)C(C)C)cc1. The van der Waals surface area contributed by atoms with E-state index < -0.39 is 30.5 Å². The maximum Gasteiger partial charge on any atom is 0.249 e. The van der Waals surface area contributed by atoms with Crippen molar-refractivity contribution >= 4 is 17.5 Å². The third-order valence-electron chi connectivity index (χ3n) is 4.41. The normalized spacial score (nSPS) is 13.1. The van der Waals surface area contributed by atoms with Crippen molar-refractivity contribution in [3.05, 3.63) is 58.4 Å². The van der Waals surface area contributed by atoms with Crippen molar-refractivity contribution < 1.29 is 28.9 Å². The van der Waals surface area contributed by atoms with Gasteiger partial charge < -0.3 is 25.0 Å². The summed E-state index contributed by atoms with van der Waals surface area (Å²) in [5.41, 5.74) is 0.692. The molecule has 29 heavy (non-hydrogen) atoms. The zero-order chi connectivity index (χ0) is 21.6. The van der Waals surface area contributed by atoms with Crippen LogP contribution in [0.1, 0.15) is 31.0 Å². The molecule has 3 N–H and O–H groups in total. The van der Waals surface area contributed by atoms with Crippen molar-refractivity contribution in [2.75, 3.05) is 13.7 Å². The van der Waals surface area contributed by atoms with Gasteiger partial charge in [-0.2, -0.15) is 0 Å². The van der Waals surface area contributed by atoms with Crippen LogP contribution in [0.25, 0.3) is 0 Å². The molecule has 0 fully saturated rings. The molecule has 1 unspecified atom stereocenters. The summed E-state index contributed by atoms with van der Waals surface area (Å²) < 4.78 is 24.8. The molecule has 2 rings (SSSR count). The summed E-state index contributed by atoms with van der Waals surface area (Å²) in [5, 5.41) is 22.4. The van der Waals surface area contributed by atoms with E-state index in [-0.39, 0.29) is 23.1 Å². The fourth-order valence-corrected chi connectivity index (χ4v) is 2.96. The topological polar surface area (TPSA) is 88.0 Å². The minimum atomic E-state index is -1.26. The van der Waals surface area contributed by atoms with E-state index in [2.05, 4.69) is 5.32 Å². The second-order valence-corrected chi connectivity index (χ2v) is 7.26. The molecule has 0 bridgehead atoms. The minimum Gasteiger partial charge on any atom is -0.497 e. The van der Waals surface area contributed by atoms with Gasteiger partial charge in [-0.05, 0) is 47.9 Å². The lowest BCUT2D eigenvalue weighted by atomic mass is 9.99. The fraction of sp³-hybridized carbons (Fsp3) is 0.381. The number of hydrogen-bond donors (Lipinski definition) is 3. The van der Waals surface area contributed by atoms with Gasteiger partial charge in [0.05, 0.1) is 24.8 Å². The van der Waals surface area contributed by atoms with Gasteiger partial charge >= 0.3 is 0 Å². The number of halogens is 2. The van der Waals surface area contributed by atoms with Crippen LogP contribution in [-0.2, 0) is 11.4 Å². The lowest BCUT2D eigenvalue weighted by molar-refractivity contribution is -0.132. The Kier molecular flexibility index (Phi) is 8.25. The van der Waals surface area contributed by atoms with Gasteiger partial charge in [-0.3, -0.25) is 4.79 Å². The van der Waals surface area contributed by atoms with Gasteiger partial charge in [0.25, 0.3) is 0 Å². The number of carbonyl (C=O) groups excluding carboxylic acids is 1. The Bertz CT molecular complexity index is 829. The van der Waals surface area contributed by atoms with Gasteiger partial charge in [-0.25, -0.2) is 4.39 Å². The number of methoxy groups -OCH3 is 1. The molecular weight excluding hydrogens is 401 g/mol. The van der Waals surface area contributed by atoms with E-state index in [4.69, 9.17) is 21.1 Å². The molecule has 0 saturated heterocycles. The molecule has 0 heterocycles. The molecule has 0 aliphatic rings. The molecule has 0 aliphatic heterocycles. The third kappa shape index (κ3) is 6.06. The maximum absolute atomic E-state index is 14.0. The number of hydrogen-bond acceptors (Lipinski definition) is 5. The monoisotopic (exact) mass is 425 g/mol. The van der Waals surface area contributed by atoms with Crippen LogP contribution in [0.2, 0.25) is 5.02 Å². The summed E-state index contributed by atoms with van der Waals surface area (Å²) in [6, 6.07) is 8.23. The molecular formula is C21H25ClFNO5. The number of ether oxygens (including phenoxy) is 2. The number of aliphatic hydroxyl groups is 2. The summed E-state index contributed by atoms with van der Waals surface area (Å²) in [4.78, 5) is 12.2. The van der Waals surface area contributed by atoms with Crippen LogP contribution in [0, 0.1) is 11.7 Å². The fourth-order valence-electron chi connectivity index (χ4n) is 2.70. The van der Waals surface area contributed by atoms with Crippen LogP contribution in [0.3, 0.4) is 0 Å². The van der Waals surface area contributed by atoms with Crippen LogP contribution in [-0.4, -0.2) is 35.9 Å². The molecule has 2 aromatic carbocycles. The van der Waals surface area contributed by atoms with E-state index in [0.29, 0.717) is 17.1 Å². The first kappa shape index (κ1) is 22.9. The number of benzene rings is 2. The highest BCUT2D eigenvalue weighted by Gasteiger charge is 2.25. The zero-order valence-electron chi connectivity index (χ0n) is 16.5. The molecule has 8 heteroatoms. The van der Waals surface area contributed by atoms with E-state index in [0.717, 1.165) is 6.07 Å². The van der Waals surface area contributed by atoms with Gasteiger partial charge in [0, 0.05) is 5.56 Å². The van der Waals surface area contributed by atoms with E-state index in [9.17, 15) is 19.4 Å². The Morgan fingerprint density at radius 2 is 1.83 bits per heavy atom. The van der Waals surface area contributed by atoms with Gasteiger partial charge in [-0.15, -0.1) is 0 Å². The van der Waals surface area contributed by atoms with Crippen molar-refractivity contribution in [2.24, 2.45) is 5.92 Å². The van der Waals surface area contributed by atoms with Gasteiger partial charge in [0.15, 0.2) is 0 Å². The first-order chi connectivity index (χ1) is 13.8. The molecule has 158 valence electrons. The van der Waals surface area contributed by atoms with Crippen LogP contribution in [0.15, 0.2) is 36.4 Å². The zero-order valence-corrected chi connectivity index (χ0v) is 17.2. The van der Waals surface area contributed by atoms with Gasteiger partial charge in [0.2, 0.25) is 5.91 Å².